The fourth-order valence-corrected chi connectivity index (χ4v) is 4.29. The number of carboxylic acids is 1. The first-order valence-corrected chi connectivity index (χ1v) is 12.4. The Morgan fingerprint density at radius 1 is 1.00 bits per heavy atom. The van der Waals surface area contributed by atoms with Gasteiger partial charge in [0.25, 0.3) is 5.91 Å². The van der Waals surface area contributed by atoms with Gasteiger partial charge in [0.1, 0.15) is 12.4 Å². The van der Waals surface area contributed by atoms with E-state index in [1.54, 1.807) is 6.20 Å². The molecule has 6 nitrogen and oxygen atoms in total. The number of nitrogens with one attached hydrogen (secondary N) is 1. The SMILES string of the molecule is Cc1cc(C)cc([C@@H](CC(C)C)NC(=O)c2cc(COc3ccc(C)nc3)ccc2CCC(=O)O)c1. The maximum absolute atomic E-state index is 13.6. The molecule has 0 aliphatic heterocycles. The first-order chi connectivity index (χ1) is 17.1. The standard InChI is InChI=1S/C30H36N2O4/c1-19(2)12-28(25-14-20(3)13-21(4)15-25)32-30(35)27-16-23(7-8-24(27)9-11-29(33)34)18-36-26-10-6-22(5)31-17-26/h6-8,10,13-17,19,28H,9,11-12,18H2,1-5H3,(H,32,35)(H,33,34)/t28-/m1/s1. The van der Waals surface area contributed by atoms with Gasteiger partial charge in [0.2, 0.25) is 0 Å². The molecule has 190 valence electrons. The first-order valence-electron chi connectivity index (χ1n) is 12.4. The molecule has 0 spiro atoms. The average molecular weight is 489 g/mol. The van der Waals surface area contributed by atoms with Crippen LogP contribution in [0.4, 0.5) is 0 Å². The summed E-state index contributed by atoms with van der Waals surface area (Å²) in [5, 5.41) is 12.4. The highest BCUT2D eigenvalue weighted by Crippen LogP contribution is 2.25. The number of aliphatic carboxylic acids is 1. The number of benzene rings is 2. The molecule has 6 heteroatoms. The minimum atomic E-state index is -0.895. The second-order valence-corrected chi connectivity index (χ2v) is 9.89. The van der Waals surface area contributed by atoms with Gasteiger partial charge >= 0.3 is 5.97 Å². The number of ether oxygens (including phenoxy) is 1. The van der Waals surface area contributed by atoms with E-state index in [-0.39, 0.29) is 31.4 Å². The van der Waals surface area contributed by atoms with Crippen molar-refractivity contribution in [1.82, 2.24) is 10.3 Å². The molecule has 0 saturated carbocycles. The molecule has 0 unspecified atom stereocenters. The van der Waals surface area contributed by atoms with E-state index in [0.29, 0.717) is 22.8 Å². The molecule has 1 amide bonds. The molecule has 0 aliphatic carbocycles. The van der Waals surface area contributed by atoms with Crippen LogP contribution < -0.4 is 10.1 Å². The smallest absolute Gasteiger partial charge is 0.303 e. The van der Waals surface area contributed by atoms with E-state index in [1.807, 2.05) is 37.3 Å². The Hall–Kier alpha value is -3.67. The van der Waals surface area contributed by atoms with E-state index in [0.717, 1.165) is 34.4 Å². The molecular formula is C30H36N2O4. The number of pyridine rings is 1. The zero-order valence-corrected chi connectivity index (χ0v) is 21.8. The molecule has 1 aromatic heterocycles. The number of amides is 1. The van der Waals surface area contributed by atoms with E-state index in [9.17, 15) is 14.7 Å². The summed E-state index contributed by atoms with van der Waals surface area (Å²) in [6.45, 7) is 10.6. The van der Waals surface area contributed by atoms with Crippen molar-refractivity contribution < 1.29 is 19.4 Å². The molecule has 0 radical (unpaired) electrons. The summed E-state index contributed by atoms with van der Waals surface area (Å²) in [6.07, 6.45) is 2.70. The number of carboxylic acid groups (broad SMARTS) is 1. The molecule has 3 rings (SSSR count). The summed E-state index contributed by atoms with van der Waals surface area (Å²) in [5.74, 6) is -0.0774. The molecule has 2 aromatic carbocycles. The Bertz CT molecular complexity index is 1180. The topological polar surface area (TPSA) is 88.5 Å². The second-order valence-electron chi connectivity index (χ2n) is 9.89. The third-order valence-corrected chi connectivity index (χ3v) is 5.98. The zero-order chi connectivity index (χ0) is 26.2. The lowest BCUT2D eigenvalue weighted by Crippen LogP contribution is -2.30. The van der Waals surface area contributed by atoms with Crippen molar-refractivity contribution in [1.29, 1.82) is 0 Å². The Kier molecular flexibility index (Phi) is 9.23. The number of aryl methyl sites for hydroxylation is 4. The molecule has 0 aliphatic rings. The monoisotopic (exact) mass is 488 g/mol. The lowest BCUT2D eigenvalue weighted by atomic mass is 9.93. The van der Waals surface area contributed by atoms with Gasteiger partial charge < -0.3 is 15.2 Å². The molecule has 0 saturated heterocycles. The highest BCUT2D eigenvalue weighted by atomic mass is 16.5. The van der Waals surface area contributed by atoms with Gasteiger partial charge in [0, 0.05) is 17.7 Å². The summed E-state index contributed by atoms with van der Waals surface area (Å²) < 4.78 is 5.86. The van der Waals surface area contributed by atoms with Crippen LogP contribution in [0.25, 0.3) is 0 Å². The highest BCUT2D eigenvalue weighted by Gasteiger charge is 2.20. The Labute approximate surface area is 213 Å². The second kappa shape index (κ2) is 12.3. The van der Waals surface area contributed by atoms with Crippen LogP contribution in [0.15, 0.2) is 54.7 Å². The van der Waals surface area contributed by atoms with Crippen LogP contribution in [-0.4, -0.2) is 22.0 Å². The summed E-state index contributed by atoms with van der Waals surface area (Å²) in [4.78, 5) is 29.1. The highest BCUT2D eigenvalue weighted by molar-refractivity contribution is 5.96. The van der Waals surface area contributed by atoms with Crippen LogP contribution >= 0.6 is 0 Å². The molecule has 1 atom stereocenters. The summed E-state index contributed by atoms with van der Waals surface area (Å²) >= 11 is 0. The molecule has 2 N–H and O–H groups in total. The maximum Gasteiger partial charge on any atom is 0.303 e. The summed E-state index contributed by atoms with van der Waals surface area (Å²) in [6, 6.07) is 15.5. The molecule has 0 bridgehead atoms. The maximum atomic E-state index is 13.6. The molecule has 0 fully saturated rings. The number of aromatic nitrogens is 1. The lowest BCUT2D eigenvalue weighted by molar-refractivity contribution is -0.136. The molecule has 36 heavy (non-hydrogen) atoms. The van der Waals surface area contributed by atoms with Gasteiger partial charge in [-0.15, -0.1) is 0 Å². The van der Waals surface area contributed by atoms with Crippen molar-refractivity contribution in [2.45, 2.75) is 66.5 Å². The van der Waals surface area contributed by atoms with Crippen molar-refractivity contribution in [3.8, 4) is 5.75 Å². The van der Waals surface area contributed by atoms with E-state index in [1.165, 1.54) is 0 Å². The van der Waals surface area contributed by atoms with Gasteiger partial charge in [-0.1, -0.05) is 55.3 Å². The largest absolute Gasteiger partial charge is 0.487 e. The van der Waals surface area contributed by atoms with Crippen molar-refractivity contribution >= 4 is 11.9 Å². The third kappa shape index (κ3) is 7.94. The van der Waals surface area contributed by atoms with E-state index >= 15 is 0 Å². The van der Waals surface area contributed by atoms with Gasteiger partial charge in [-0.05, 0) is 74.4 Å². The fraction of sp³-hybridized carbons (Fsp3) is 0.367. The molecule has 1 heterocycles. The number of carbonyl (C=O) groups excluding carboxylic acids is 1. The minimum absolute atomic E-state index is 0.0440. The predicted octanol–water partition coefficient (Wildman–Crippen LogP) is 6.12. The van der Waals surface area contributed by atoms with E-state index < -0.39 is 5.97 Å². The van der Waals surface area contributed by atoms with E-state index in [2.05, 4.69) is 56.2 Å². The zero-order valence-electron chi connectivity index (χ0n) is 21.8. The summed E-state index contributed by atoms with van der Waals surface area (Å²) in [5.41, 5.74) is 6.31. The minimum Gasteiger partial charge on any atom is -0.487 e. The molecular weight excluding hydrogens is 452 g/mol. The predicted molar refractivity (Wildman–Crippen MR) is 141 cm³/mol. The Morgan fingerprint density at radius 2 is 1.72 bits per heavy atom. The summed E-state index contributed by atoms with van der Waals surface area (Å²) in [7, 11) is 0. The number of carbonyl (C=O) groups is 2. The first kappa shape index (κ1) is 26.9. The van der Waals surface area contributed by atoms with Gasteiger partial charge in [-0.25, -0.2) is 0 Å². The lowest BCUT2D eigenvalue weighted by Gasteiger charge is -2.23. The van der Waals surface area contributed by atoms with Gasteiger partial charge in [-0.2, -0.15) is 0 Å². The van der Waals surface area contributed by atoms with Crippen LogP contribution in [0, 0.1) is 26.7 Å². The third-order valence-electron chi connectivity index (χ3n) is 5.98. The van der Waals surface area contributed by atoms with Gasteiger partial charge in [-0.3, -0.25) is 14.6 Å². The number of nitrogens with zero attached hydrogens (tertiary/aromatic N) is 1. The van der Waals surface area contributed by atoms with Crippen LogP contribution in [0.3, 0.4) is 0 Å². The van der Waals surface area contributed by atoms with Gasteiger partial charge in [0.15, 0.2) is 0 Å². The van der Waals surface area contributed by atoms with Crippen molar-refractivity contribution in [3.63, 3.8) is 0 Å². The van der Waals surface area contributed by atoms with Crippen LogP contribution in [-0.2, 0) is 17.8 Å². The molecule has 3 aromatic rings. The van der Waals surface area contributed by atoms with Crippen molar-refractivity contribution in [3.05, 3.63) is 93.8 Å². The van der Waals surface area contributed by atoms with Crippen molar-refractivity contribution in [2.75, 3.05) is 0 Å². The Morgan fingerprint density at radius 3 is 2.33 bits per heavy atom. The van der Waals surface area contributed by atoms with Crippen LogP contribution in [0.5, 0.6) is 5.75 Å². The normalized spacial score (nSPS) is 11.8. The Balaban J connectivity index is 1.87. The fourth-order valence-electron chi connectivity index (χ4n) is 4.29. The number of hydrogen-bond donors (Lipinski definition) is 2. The van der Waals surface area contributed by atoms with Gasteiger partial charge in [0.05, 0.1) is 12.2 Å². The van der Waals surface area contributed by atoms with E-state index in [4.69, 9.17) is 4.74 Å². The van der Waals surface area contributed by atoms with Crippen LogP contribution in [0.2, 0.25) is 0 Å². The average Bonchev–Trinajstić information content (AvgIpc) is 2.81. The van der Waals surface area contributed by atoms with Crippen LogP contribution in [0.1, 0.15) is 76.6 Å². The van der Waals surface area contributed by atoms with Crippen molar-refractivity contribution in [2.24, 2.45) is 5.92 Å². The quantitative estimate of drug-likeness (QED) is 0.339. The number of rotatable bonds is 11. The number of hydrogen-bond acceptors (Lipinski definition) is 4.